The van der Waals surface area contributed by atoms with Crippen molar-refractivity contribution in [3.05, 3.63) is 51.2 Å². The van der Waals surface area contributed by atoms with Crippen molar-refractivity contribution in [2.75, 3.05) is 13.7 Å². The highest BCUT2D eigenvalue weighted by Gasteiger charge is 2.15. The van der Waals surface area contributed by atoms with Crippen molar-refractivity contribution in [3.8, 4) is 17.0 Å². The molecule has 6 nitrogen and oxygen atoms in total. The molecule has 2 aromatic rings. The molecule has 0 bridgehead atoms. The molecule has 1 heterocycles. The molecule has 0 atom stereocenters. The summed E-state index contributed by atoms with van der Waals surface area (Å²) in [5.41, 5.74) is -0.504. The molecule has 0 saturated heterocycles. The molecule has 0 fully saturated rings. The number of ether oxygens (including phenoxy) is 1. The first-order valence-corrected chi connectivity index (χ1v) is 6.75. The first-order valence-electron chi connectivity index (χ1n) is 6.75. The Labute approximate surface area is 121 Å². The molecule has 0 aliphatic carbocycles. The molecule has 0 saturated carbocycles. The Hall–Kier alpha value is -2.34. The zero-order valence-corrected chi connectivity index (χ0v) is 11.8. The number of aromatic nitrogens is 2. The monoisotopic (exact) mass is 290 g/mol. The lowest BCUT2D eigenvalue weighted by Gasteiger charge is -2.11. The van der Waals surface area contributed by atoms with E-state index in [2.05, 4.69) is 4.98 Å². The van der Waals surface area contributed by atoms with Gasteiger partial charge in [0.25, 0.3) is 5.56 Å². The summed E-state index contributed by atoms with van der Waals surface area (Å²) in [6, 6.07) is 8.77. The number of benzene rings is 1. The molecular weight excluding hydrogens is 272 g/mol. The van der Waals surface area contributed by atoms with Gasteiger partial charge >= 0.3 is 5.69 Å². The van der Waals surface area contributed by atoms with Gasteiger partial charge in [0.2, 0.25) is 5.88 Å². The number of aromatic amines is 1. The van der Waals surface area contributed by atoms with E-state index in [0.717, 1.165) is 6.42 Å². The fraction of sp³-hybridized carbons (Fsp3) is 0.333. The highest BCUT2D eigenvalue weighted by atomic mass is 16.5. The predicted octanol–water partition coefficient (Wildman–Crippen LogP) is 1.34. The average molecular weight is 290 g/mol. The van der Waals surface area contributed by atoms with Crippen LogP contribution >= 0.6 is 0 Å². The summed E-state index contributed by atoms with van der Waals surface area (Å²) >= 11 is 0. The largest absolute Gasteiger partial charge is 0.494 e. The van der Waals surface area contributed by atoms with E-state index >= 15 is 0 Å². The van der Waals surface area contributed by atoms with Crippen LogP contribution in [0.1, 0.15) is 12.8 Å². The first kappa shape index (κ1) is 15.1. The highest BCUT2D eigenvalue weighted by molar-refractivity contribution is 5.67. The van der Waals surface area contributed by atoms with Crippen molar-refractivity contribution in [1.82, 2.24) is 9.55 Å². The minimum atomic E-state index is -0.602. The van der Waals surface area contributed by atoms with Crippen LogP contribution in [0, 0.1) is 0 Å². The van der Waals surface area contributed by atoms with Crippen LogP contribution in [-0.2, 0) is 11.3 Å². The van der Waals surface area contributed by atoms with Gasteiger partial charge in [0, 0.05) is 20.3 Å². The maximum atomic E-state index is 11.9. The van der Waals surface area contributed by atoms with Gasteiger partial charge in [0.05, 0.1) is 0 Å². The Morgan fingerprint density at radius 1 is 1.19 bits per heavy atom. The molecule has 1 aromatic heterocycles. The van der Waals surface area contributed by atoms with E-state index in [1.54, 1.807) is 31.4 Å². The third-order valence-electron chi connectivity index (χ3n) is 3.21. The molecule has 2 rings (SSSR count). The van der Waals surface area contributed by atoms with E-state index in [1.165, 1.54) is 4.57 Å². The van der Waals surface area contributed by atoms with Gasteiger partial charge < -0.3 is 9.84 Å². The summed E-state index contributed by atoms with van der Waals surface area (Å²) < 4.78 is 6.12. The van der Waals surface area contributed by atoms with E-state index in [0.29, 0.717) is 25.1 Å². The summed E-state index contributed by atoms with van der Waals surface area (Å²) in [5.74, 6) is -0.299. The Kier molecular flexibility index (Phi) is 4.94. The number of hydrogen-bond donors (Lipinski definition) is 2. The zero-order valence-electron chi connectivity index (χ0n) is 11.8. The van der Waals surface area contributed by atoms with Crippen molar-refractivity contribution < 1.29 is 9.84 Å². The maximum absolute atomic E-state index is 11.9. The summed E-state index contributed by atoms with van der Waals surface area (Å²) in [6.07, 6.45) is 1.43. The van der Waals surface area contributed by atoms with Gasteiger partial charge in [0.15, 0.2) is 0 Å². The minimum Gasteiger partial charge on any atom is -0.494 e. The molecule has 6 heteroatoms. The highest BCUT2D eigenvalue weighted by Crippen LogP contribution is 2.23. The summed E-state index contributed by atoms with van der Waals surface area (Å²) in [5, 5.41) is 10.3. The van der Waals surface area contributed by atoms with Gasteiger partial charge in [-0.05, 0) is 18.4 Å². The Bertz CT molecular complexity index is 704. The number of rotatable bonds is 6. The van der Waals surface area contributed by atoms with Crippen LogP contribution in [0.5, 0.6) is 5.88 Å². The van der Waals surface area contributed by atoms with Gasteiger partial charge in [-0.3, -0.25) is 14.3 Å². The molecule has 0 spiro atoms. The third-order valence-corrected chi connectivity index (χ3v) is 3.21. The SMILES string of the molecule is COCCCCn1c(O)c(-c2ccccc2)c(=O)[nH]c1=O. The molecule has 2 N–H and O–H groups in total. The van der Waals surface area contributed by atoms with Crippen molar-refractivity contribution >= 4 is 0 Å². The fourth-order valence-electron chi connectivity index (χ4n) is 2.15. The zero-order chi connectivity index (χ0) is 15.2. The van der Waals surface area contributed by atoms with Crippen LogP contribution in [0.25, 0.3) is 11.1 Å². The molecule has 0 radical (unpaired) electrons. The number of aromatic hydroxyl groups is 1. The molecule has 112 valence electrons. The molecule has 0 aliphatic rings. The van der Waals surface area contributed by atoms with Crippen LogP contribution in [-0.4, -0.2) is 28.4 Å². The lowest BCUT2D eigenvalue weighted by Crippen LogP contribution is -2.31. The van der Waals surface area contributed by atoms with Crippen molar-refractivity contribution in [2.24, 2.45) is 0 Å². The number of H-pyrrole nitrogens is 1. The van der Waals surface area contributed by atoms with E-state index < -0.39 is 11.2 Å². The molecule has 21 heavy (non-hydrogen) atoms. The number of nitrogens with zero attached hydrogens (tertiary/aromatic N) is 1. The van der Waals surface area contributed by atoms with Gasteiger partial charge in [-0.25, -0.2) is 4.79 Å². The second-order valence-electron chi connectivity index (χ2n) is 4.68. The standard InChI is InChI=1S/C15H18N2O4/c1-21-10-6-5-9-17-14(19)12(13(18)16-15(17)20)11-7-3-2-4-8-11/h2-4,7-8,19H,5-6,9-10H2,1H3,(H,16,18,20). The van der Waals surface area contributed by atoms with Crippen LogP contribution in [0.2, 0.25) is 0 Å². The smallest absolute Gasteiger partial charge is 0.331 e. The number of unbranched alkanes of at least 4 members (excludes halogenated alkanes) is 1. The van der Waals surface area contributed by atoms with Crippen LogP contribution in [0.15, 0.2) is 39.9 Å². The average Bonchev–Trinajstić information content (AvgIpc) is 2.47. The number of nitrogens with one attached hydrogen (secondary N) is 1. The minimum absolute atomic E-state index is 0.113. The molecule has 1 aromatic carbocycles. The summed E-state index contributed by atoms with van der Waals surface area (Å²) in [7, 11) is 1.61. The Morgan fingerprint density at radius 3 is 2.57 bits per heavy atom. The van der Waals surface area contributed by atoms with E-state index in [4.69, 9.17) is 4.74 Å². The van der Waals surface area contributed by atoms with Crippen molar-refractivity contribution in [1.29, 1.82) is 0 Å². The van der Waals surface area contributed by atoms with Crippen molar-refractivity contribution in [3.63, 3.8) is 0 Å². The molecule has 0 aliphatic heterocycles. The first-order chi connectivity index (χ1) is 10.1. The van der Waals surface area contributed by atoms with E-state index in [1.807, 2.05) is 6.07 Å². The lowest BCUT2D eigenvalue weighted by atomic mass is 10.1. The number of hydrogen-bond acceptors (Lipinski definition) is 4. The lowest BCUT2D eigenvalue weighted by molar-refractivity contribution is 0.190. The third kappa shape index (κ3) is 3.41. The molecule has 0 unspecified atom stereocenters. The van der Waals surface area contributed by atoms with Crippen LogP contribution < -0.4 is 11.2 Å². The second-order valence-corrected chi connectivity index (χ2v) is 4.68. The van der Waals surface area contributed by atoms with E-state index in [-0.39, 0.29) is 11.4 Å². The molecule has 0 amide bonds. The summed E-state index contributed by atoms with van der Waals surface area (Å²) in [6.45, 7) is 0.912. The van der Waals surface area contributed by atoms with Gasteiger partial charge in [-0.15, -0.1) is 0 Å². The molecular formula is C15H18N2O4. The Morgan fingerprint density at radius 2 is 1.90 bits per heavy atom. The normalized spacial score (nSPS) is 10.7. The van der Waals surface area contributed by atoms with Crippen LogP contribution in [0.4, 0.5) is 0 Å². The van der Waals surface area contributed by atoms with E-state index in [9.17, 15) is 14.7 Å². The topological polar surface area (TPSA) is 84.3 Å². The van der Waals surface area contributed by atoms with Crippen molar-refractivity contribution in [2.45, 2.75) is 19.4 Å². The second kappa shape index (κ2) is 6.90. The van der Waals surface area contributed by atoms with Gasteiger partial charge in [0.1, 0.15) is 5.56 Å². The maximum Gasteiger partial charge on any atom is 0.331 e. The predicted molar refractivity (Wildman–Crippen MR) is 79.5 cm³/mol. The van der Waals surface area contributed by atoms with Gasteiger partial charge in [-0.2, -0.15) is 0 Å². The summed E-state index contributed by atoms with van der Waals surface area (Å²) in [4.78, 5) is 26.0. The Balaban J connectivity index is 2.39. The van der Waals surface area contributed by atoms with Crippen LogP contribution in [0.3, 0.4) is 0 Å². The fourth-order valence-corrected chi connectivity index (χ4v) is 2.15. The van der Waals surface area contributed by atoms with Gasteiger partial charge in [-0.1, -0.05) is 30.3 Å². The quantitative estimate of drug-likeness (QED) is 0.786. The number of methoxy groups -OCH3 is 1.